The number of rotatable bonds is 4. The third kappa shape index (κ3) is 2.14. The van der Waals surface area contributed by atoms with E-state index in [0.717, 1.165) is 29.8 Å². The third-order valence-electron chi connectivity index (χ3n) is 4.57. The van der Waals surface area contributed by atoms with E-state index in [1.165, 1.54) is 25.3 Å². The summed E-state index contributed by atoms with van der Waals surface area (Å²) in [5.74, 6) is 1.01. The molecular weight excluding hydrogens is 263 g/mol. The Kier molecular flexibility index (Phi) is 3.25. The van der Waals surface area contributed by atoms with E-state index in [-0.39, 0.29) is 5.82 Å². The van der Waals surface area contributed by atoms with Crippen LogP contribution >= 0.6 is 11.6 Å². The van der Waals surface area contributed by atoms with E-state index in [4.69, 9.17) is 11.6 Å². The van der Waals surface area contributed by atoms with E-state index in [1.54, 1.807) is 12.1 Å². The Labute approximate surface area is 117 Å². The van der Waals surface area contributed by atoms with Crippen LogP contribution < -0.4 is 0 Å². The van der Waals surface area contributed by atoms with Crippen molar-refractivity contribution >= 4 is 22.6 Å². The number of nitrogens with zero attached hydrogens (tertiary/aromatic N) is 2. The lowest BCUT2D eigenvalue weighted by Gasteiger charge is -2.42. The van der Waals surface area contributed by atoms with Crippen molar-refractivity contribution in [3.8, 4) is 0 Å². The highest BCUT2D eigenvalue weighted by molar-refractivity contribution is 6.16. The maximum Gasteiger partial charge on any atom is 0.125 e. The van der Waals surface area contributed by atoms with Gasteiger partial charge in [-0.25, -0.2) is 9.37 Å². The van der Waals surface area contributed by atoms with Crippen LogP contribution in [0.3, 0.4) is 0 Å². The minimum absolute atomic E-state index is 0.214. The number of aromatic nitrogens is 2. The Balaban J connectivity index is 2.07. The van der Waals surface area contributed by atoms with Crippen molar-refractivity contribution in [2.24, 2.45) is 5.41 Å². The fourth-order valence-corrected chi connectivity index (χ4v) is 3.26. The summed E-state index contributed by atoms with van der Waals surface area (Å²) in [6.45, 7) is 3.14. The van der Waals surface area contributed by atoms with E-state index in [0.29, 0.717) is 11.3 Å². The number of imidazole rings is 1. The van der Waals surface area contributed by atoms with Crippen molar-refractivity contribution in [1.29, 1.82) is 0 Å². The molecule has 3 rings (SSSR count). The van der Waals surface area contributed by atoms with Crippen LogP contribution in [-0.2, 0) is 12.4 Å². The van der Waals surface area contributed by atoms with Crippen molar-refractivity contribution in [2.75, 3.05) is 0 Å². The number of halogens is 2. The van der Waals surface area contributed by atoms with Crippen LogP contribution in [-0.4, -0.2) is 9.55 Å². The highest BCUT2D eigenvalue weighted by atomic mass is 35.5. The average molecular weight is 281 g/mol. The minimum Gasteiger partial charge on any atom is -0.326 e. The van der Waals surface area contributed by atoms with E-state index >= 15 is 0 Å². The summed E-state index contributed by atoms with van der Waals surface area (Å²) in [6, 6.07) is 4.76. The summed E-state index contributed by atoms with van der Waals surface area (Å²) in [5.41, 5.74) is 2.07. The quantitative estimate of drug-likeness (QED) is 0.754. The molecule has 19 heavy (non-hydrogen) atoms. The number of hydrogen-bond acceptors (Lipinski definition) is 1. The number of hydrogen-bond donors (Lipinski definition) is 0. The minimum atomic E-state index is -0.214. The summed E-state index contributed by atoms with van der Waals surface area (Å²) in [5, 5.41) is 0. The van der Waals surface area contributed by atoms with Crippen LogP contribution in [0.15, 0.2) is 18.2 Å². The van der Waals surface area contributed by atoms with E-state index < -0.39 is 0 Å². The molecule has 0 bridgehead atoms. The first-order valence-electron chi connectivity index (χ1n) is 6.88. The van der Waals surface area contributed by atoms with Gasteiger partial charge in [0.05, 0.1) is 16.9 Å². The van der Waals surface area contributed by atoms with Crippen LogP contribution in [0.25, 0.3) is 11.0 Å². The van der Waals surface area contributed by atoms with Crippen LogP contribution in [0.5, 0.6) is 0 Å². The smallest absolute Gasteiger partial charge is 0.125 e. The molecule has 102 valence electrons. The van der Waals surface area contributed by atoms with Gasteiger partial charge < -0.3 is 4.57 Å². The van der Waals surface area contributed by atoms with Gasteiger partial charge in [-0.3, -0.25) is 0 Å². The second kappa shape index (κ2) is 4.78. The lowest BCUT2D eigenvalue weighted by atomic mass is 9.67. The Morgan fingerprint density at radius 1 is 1.42 bits per heavy atom. The van der Waals surface area contributed by atoms with E-state index in [2.05, 4.69) is 16.5 Å². The Hall–Kier alpha value is -1.09. The maximum absolute atomic E-state index is 13.5. The zero-order valence-electron chi connectivity index (χ0n) is 11.1. The molecule has 1 aliphatic carbocycles. The maximum atomic E-state index is 13.5. The zero-order chi connectivity index (χ0) is 13.5. The van der Waals surface area contributed by atoms with Gasteiger partial charge >= 0.3 is 0 Å². The number of alkyl halides is 1. The molecule has 1 heterocycles. The summed E-state index contributed by atoms with van der Waals surface area (Å²) in [6.07, 6.45) is 4.95. The monoisotopic (exact) mass is 280 g/mol. The van der Waals surface area contributed by atoms with Crippen LogP contribution in [0, 0.1) is 11.2 Å². The predicted octanol–water partition coefficient (Wildman–Crippen LogP) is 4.49. The molecular formula is C15H18ClFN2. The molecule has 2 nitrogen and oxygen atoms in total. The summed E-state index contributed by atoms with van der Waals surface area (Å²) >= 11 is 6.00. The first-order chi connectivity index (χ1) is 9.17. The Morgan fingerprint density at radius 2 is 2.21 bits per heavy atom. The van der Waals surface area contributed by atoms with Crippen molar-refractivity contribution in [3.05, 3.63) is 29.8 Å². The van der Waals surface area contributed by atoms with Gasteiger partial charge in [0, 0.05) is 6.54 Å². The van der Waals surface area contributed by atoms with Gasteiger partial charge in [-0.05, 0) is 42.9 Å². The predicted molar refractivity (Wildman–Crippen MR) is 75.8 cm³/mol. The molecule has 1 aromatic heterocycles. The highest BCUT2D eigenvalue weighted by Gasteiger charge is 2.36. The fraction of sp³-hybridized carbons (Fsp3) is 0.533. The molecule has 2 aromatic rings. The van der Waals surface area contributed by atoms with Gasteiger partial charge in [0.2, 0.25) is 0 Å². The normalized spacial score (nSPS) is 17.6. The molecule has 4 heteroatoms. The van der Waals surface area contributed by atoms with Crippen molar-refractivity contribution in [1.82, 2.24) is 9.55 Å². The summed E-state index contributed by atoms with van der Waals surface area (Å²) < 4.78 is 15.6. The molecule has 1 saturated carbocycles. The lowest BCUT2D eigenvalue weighted by Crippen LogP contribution is -2.33. The Morgan fingerprint density at radius 3 is 2.79 bits per heavy atom. The largest absolute Gasteiger partial charge is 0.326 e. The van der Waals surface area contributed by atoms with Crippen molar-refractivity contribution < 1.29 is 4.39 Å². The number of benzene rings is 1. The second-order valence-corrected chi connectivity index (χ2v) is 5.86. The molecule has 0 unspecified atom stereocenters. The zero-order valence-corrected chi connectivity index (χ0v) is 11.9. The lowest BCUT2D eigenvalue weighted by molar-refractivity contribution is 0.101. The molecule has 0 aliphatic heterocycles. The number of fused-ring (bicyclic) bond motifs is 1. The van der Waals surface area contributed by atoms with Crippen molar-refractivity contribution in [2.45, 2.75) is 45.0 Å². The molecule has 1 aromatic carbocycles. The average Bonchev–Trinajstić information content (AvgIpc) is 2.71. The topological polar surface area (TPSA) is 17.8 Å². The Bertz CT molecular complexity index is 596. The van der Waals surface area contributed by atoms with Gasteiger partial charge in [0.15, 0.2) is 0 Å². The summed E-state index contributed by atoms with van der Waals surface area (Å²) in [7, 11) is 0. The molecule has 0 amide bonds. The third-order valence-corrected chi connectivity index (χ3v) is 4.81. The molecule has 0 spiro atoms. The van der Waals surface area contributed by atoms with Crippen LogP contribution in [0.2, 0.25) is 0 Å². The molecule has 0 radical (unpaired) electrons. The first-order valence-corrected chi connectivity index (χ1v) is 7.41. The first kappa shape index (κ1) is 12.9. The van der Waals surface area contributed by atoms with E-state index in [9.17, 15) is 4.39 Å². The molecule has 1 fully saturated rings. The van der Waals surface area contributed by atoms with Crippen LogP contribution in [0.1, 0.15) is 38.4 Å². The van der Waals surface area contributed by atoms with Gasteiger partial charge in [-0.15, -0.1) is 11.6 Å². The summed E-state index contributed by atoms with van der Waals surface area (Å²) in [4.78, 5) is 4.51. The second-order valence-electron chi connectivity index (χ2n) is 5.59. The van der Waals surface area contributed by atoms with E-state index in [1.807, 2.05) is 0 Å². The highest BCUT2D eigenvalue weighted by Crippen LogP contribution is 2.45. The molecule has 0 N–H and O–H groups in total. The standard InChI is InChI=1S/C15H18ClFN2/c1-2-15(6-3-7-15)10-19-13-8-11(17)4-5-12(13)18-14(19)9-16/h4-5,8H,2-3,6-7,9-10H2,1H3. The SMILES string of the molecule is CCC1(Cn2c(CCl)nc3ccc(F)cc32)CCC1. The van der Waals surface area contributed by atoms with Gasteiger partial charge in [0.25, 0.3) is 0 Å². The molecule has 0 saturated heterocycles. The molecule has 0 atom stereocenters. The van der Waals surface area contributed by atoms with Crippen molar-refractivity contribution in [3.63, 3.8) is 0 Å². The molecule has 1 aliphatic rings. The van der Waals surface area contributed by atoms with Gasteiger partial charge in [0.1, 0.15) is 11.6 Å². The van der Waals surface area contributed by atoms with Gasteiger partial charge in [-0.1, -0.05) is 13.3 Å². The van der Waals surface area contributed by atoms with Gasteiger partial charge in [-0.2, -0.15) is 0 Å². The van der Waals surface area contributed by atoms with Crippen LogP contribution in [0.4, 0.5) is 4.39 Å². The fourth-order valence-electron chi connectivity index (χ4n) is 3.06.